The topological polar surface area (TPSA) is 26.0 Å². The largest absolute Gasteiger partial charge is 0.399 e. The van der Waals surface area contributed by atoms with E-state index in [1.165, 1.54) is 147 Å². The molecule has 0 amide bonds. The van der Waals surface area contributed by atoms with Crippen molar-refractivity contribution in [2.24, 2.45) is 17.8 Å². The molecule has 0 spiro atoms. The molecule has 2 aliphatic rings. The van der Waals surface area contributed by atoms with E-state index in [9.17, 15) is 0 Å². The number of hydrogen-bond acceptors (Lipinski definition) is 1. The van der Waals surface area contributed by atoms with Crippen molar-refractivity contribution in [2.75, 3.05) is 5.73 Å². The van der Waals surface area contributed by atoms with Crippen LogP contribution >= 0.6 is 0 Å². The van der Waals surface area contributed by atoms with Gasteiger partial charge in [-0.25, -0.2) is 0 Å². The molecule has 0 unspecified atom stereocenters. The van der Waals surface area contributed by atoms with Gasteiger partial charge in [-0.1, -0.05) is 122 Å². The molecule has 2 fully saturated rings. The summed E-state index contributed by atoms with van der Waals surface area (Å²) in [5.41, 5.74) is 8.29. The number of nitrogens with two attached hydrogens (primary N) is 1. The molecule has 0 saturated heterocycles. The molecule has 2 N–H and O–H groups in total. The zero-order chi connectivity index (χ0) is 23.8. The van der Waals surface area contributed by atoms with Crippen molar-refractivity contribution >= 4 is 5.69 Å². The third-order valence-electron chi connectivity index (χ3n) is 9.45. The standard InChI is InChI=1S/C33H57N/c1-2-3-4-5-6-7-8-9-10-11-12-13-14-15-28-16-18-29(19-17-28)30-20-22-31(23-21-30)32-24-26-33(34)27-25-32/h24-31H,2-23,34H2,1H3/t28?,29?,30-,31-. The van der Waals surface area contributed by atoms with Gasteiger partial charge in [-0.15, -0.1) is 0 Å². The molecule has 2 aliphatic carbocycles. The molecule has 3 rings (SSSR count). The maximum Gasteiger partial charge on any atom is 0.0314 e. The first kappa shape index (κ1) is 27.6. The van der Waals surface area contributed by atoms with Crippen LogP contribution in [0.2, 0.25) is 0 Å². The fourth-order valence-corrected chi connectivity index (χ4v) is 7.09. The number of anilines is 1. The minimum absolute atomic E-state index is 0.781. The lowest BCUT2D eigenvalue weighted by molar-refractivity contribution is 0.155. The second kappa shape index (κ2) is 16.6. The normalized spacial score (nSPS) is 25.4. The third-order valence-corrected chi connectivity index (χ3v) is 9.45. The van der Waals surface area contributed by atoms with Crippen LogP contribution < -0.4 is 5.73 Å². The Morgan fingerprint density at radius 2 is 1.00 bits per heavy atom. The van der Waals surface area contributed by atoms with Gasteiger partial charge in [-0.05, 0) is 79.9 Å². The Hall–Kier alpha value is -0.980. The van der Waals surface area contributed by atoms with Crippen LogP contribution in [0.3, 0.4) is 0 Å². The lowest BCUT2D eigenvalue weighted by atomic mass is 9.68. The maximum absolute atomic E-state index is 5.87. The van der Waals surface area contributed by atoms with Crippen LogP contribution in [0.5, 0.6) is 0 Å². The second-order valence-electron chi connectivity index (χ2n) is 12.1. The van der Waals surface area contributed by atoms with E-state index in [0.717, 1.165) is 29.4 Å². The minimum atomic E-state index is 0.781. The summed E-state index contributed by atoms with van der Waals surface area (Å²) in [4.78, 5) is 0. The number of rotatable bonds is 16. The van der Waals surface area contributed by atoms with E-state index in [1.54, 1.807) is 0 Å². The smallest absolute Gasteiger partial charge is 0.0314 e. The molecule has 1 aromatic rings. The highest BCUT2D eigenvalue weighted by Gasteiger charge is 2.31. The summed E-state index contributed by atoms with van der Waals surface area (Å²) in [5.74, 6) is 3.89. The van der Waals surface area contributed by atoms with E-state index in [-0.39, 0.29) is 0 Å². The van der Waals surface area contributed by atoms with E-state index in [2.05, 4.69) is 31.2 Å². The van der Waals surface area contributed by atoms with Crippen LogP contribution in [0, 0.1) is 17.8 Å². The average Bonchev–Trinajstić information content (AvgIpc) is 2.88. The van der Waals surface area contributed by atoms with Gasteiger partial charge in [-0.3, -0.25) is 0 Å². The lowest BCUT2D eigenvalue weighted by Crippen LogP contribution is -2.25. The van der Waals surface area contributed by atoms with Crippen molar-refractivity contribution in [1.82, 2.24) is 0 Å². The summed E-state index contributed by atoms with van der Waals surface area (Å²) in [7, 11) is 0. The summed E-state index contributed by atoms with van der Waals surface area (Å²) < 4.78 is 0. The van der Waals surface area contributed by atoms with Gasteiger partial charge in [0.1, 0.15) is 0 Å². The Morgan fingerprint density at radius 3 is 1.50 bits per heavy atom. The SMILES string of the molecule is CCCCCCCCCCCCCCCC1CCC([C@H]2CC[C@H](c3ccc(N)cc3)CC2)CC1. The first-order chi connectivity index (χ1) is 16.8. The molecule has 1 heteroatoms. The highest BCUT2D eigenvalue weighted by Crippen LogP contribution is 2.44. The second-order valence-corrected chi connectivity index (χ2v) is 12.1. The Balaban J connectivity index is 1.14. The maximum atomic E-state index is 5.87. The van der Waals surface area contributed by atoms with Gasteiger partial charge in [0, 0.05) is 5.69 Å². The van der Waals surface area contributed by atoms with Crippen LogP contribution in [-0.2, 0) is 0 Å². The molecule has 0 aromatic heterocycles. The van der Waals surface area contributed by atoms with Crippen molar-refractivity contribution < 1.29 is 0 Å². The van der Waals surface area contributed by atoms with Gasteiger partial charge in [0.25, 0.3) is 0 Å². The molecular formula is C33H57N. The van der Waals surface area contributed by atoms with E-state index < -0.39 is 0 Å². The van der Waals surface area contributed by atoms with Crippen LogP contribution in [-0.4, -0.2) is 0 Å². The Morgan fingerprint density at radius 1 is 0.559 bits per heavy atom. The predicted octanol–water partition coefficient (Wildman–Crippen LogP) is 10.8. The van der Waals surface area contributed by atoms with Gasteiger partial charge in [0.15, 0.2) is 0 Å². The molecular weight excluding hydrogens is 410 g/mol. The van der Waals surface area contributed by atoms with Crippen LogP contribution in [0.25, 0.3) is 0 Å². The van der Waals surface area contributed by atoms with Crippen LogP contribution in [0.15, 0.2) is 24.3 Å². The molecule has 0 aliphatic heterocycles. The molecule has 2 saturated carbocycles. The molecule has 34 heavy (non-hydrogen) atoms. The first-order valence-electron chi connectivity index (χ1n) is 15.6. The predicted molar refractivity (Wildman–Crippen MR) is 151 cm³/mol. The van der Waals surface area contributed by atoms with Gasteiger partial charge >= 0.3 is 0 Å². The van der Waals surface area contributed by atoms with Crippen molar-refractivity contribution in [3.63, 3.8) is 0 Å². The van der Waals surface area contributed by atoms with E-state index >= 15 is 0 Å². The van der Waals surface area contributed by atoms with Gasteiger partial charge in [0.05, 0.1) is 0 Å². The fraction of sp³-hybridized carbons (Fsp3) is 0.818. The summed E-state index contributed by atoms with van der Waals surface area (Å²) in [6, 6.07) is 8.70. The quantitative estimate of drug-likeness (QED) is 0.190. The zero-order valence-electron chi connectivity index (χ0n) is 22.8. The average molecular weight is 468 g/mol. The Labute approximate surface area is 213 Å². The lowest BCUT2D eigenvalue weighted by Gasteiger charge is -2.38. The zero-order valence-corrected chi connectivity index (χ0v) is 22.8. The number of hydrogen-bond donors (Lipinski definition) is 1. The fourth-order valence-electron chi connectivity index (χ4n) is 7.09. The summed E-state index contributed by atoms with van der Waals surface area (Å²) >= 11 is 0. The van der Waals surface area contributed by atoms with Crippen molar-refractivity contribution in [3.05, 3.63) is 29.8 Å². The number of unbranched alkanes of at least 4 members (excludes halogenated alkanes) is 12. The van der Waals surface area contributed by atoms with Crippen molar-refractivity contribution in [1.29, 1.82) is 0 Å². The van der Waals surface area contributed by atoms with E-state index in [0.29, 0.717) is 0 Å². The van der Waals surface area contributed by atoms with Crippen LogP contribution in [0.1, 0.15) is 160 Å². The Kier molecular flexibility index (Phi) is 13.5. The molecule has 0 bridgehead atoms. The summed E-state index contributed by atoms with van der Waals surface area (Å²) in [6.07, 6.45) is 32.5. The highest BCUT2D eigenvalue weighted by molar-refractivity contribution is 5.40. The van der Waals surface area contributed by atoms with Crippen molar-refractivity contribution in [3.8, 4) is 0 Å². The number of nitrogen functional groups attached to an aromatic ring is 1. The first-order valence-corrected chi connectivity index (χ1v) is 15.6. The van der Waals surface area contributed by atoms with E-state index in [1.807, 2.05) is 0 Å². The summed E-state index contributed by atoms with van der Waals surface area (Å²) in [5, 5.41) is 0. The molecule has 0 heterocycles. The molecule has 1 aromatic carbocycles. The monoisotopic (exact) mass is 467 g/mol. The van der Waals surface area contributed by atoms with Gasteiger partial charge in [0.2, 0.25) is 0 Å². The molecule has 0 radical (unpaired) electrons. The number of benzene rings is 1. The molecule has 194 valence electrons. The molecule has 1 nitrogen and oxygen atoms in total. The highest BCUT2D eigenvalue weighted by atomic mass is 14.5. The Bertz CT molecular complexity index is 604. The third kappa shape index (κ3) is 10.3. The van der Waals surface area contributed by atoms with Gasteiger partial charge in [-0.2, -0.15) is 0 Å². The van der Waals surface area contributed by atoms with Gasteiger partial charge < -0.3 is 5.73 Å². The molecule has 0 atom stereocenters. The van der Waals surface area contributed by atoms with Crippen LogP contribution in [0.4, 0.5) is 5.69 Å². The summed E-state index contributed by atoms with van der Waals surface area (Å²) in [6.45, 7) is 2.31. The minimum Gasteiger partial charge on any atom is -0.399 e. The van der Waals surface area contributed by atoms with Crippen molar-refractivity contribution in [2.45, 2.75) is 154 Å². The van der Waals surface area contributed by atoms with E-state index in [4.69, 9.17) is 5.73 Å².